The molecule has 0 spiro atoms. The van der Waals surface area contributed by atoms with Crippen LogP contribution in [0.25, 0.3) is 0 Å². The van der Waals surface area contributed by atoms with Crippen LogP contribution in [0.5, 0.6) is 0 Å². The Morgan fingerprint density at radius 3 is 1.53 bits per heavy atom. The van der Waals surface area contributed by atoms with Crippen LogP contribution < -0.4 is 5.32 Å². The molecule has 0 aliphatic rings. The first-order valence-electron chi connectivity index (χ1n) is 7.36. The van der Waals surface area contributed by atoms with Crippen molar-refractivity contribution < 1.29 is 18.9 Å². The number of ether oxygens (including phenoxy) is 4. The van der Waals surface area contributed by atoms with Crippen LogP contribution in [-0.2, 0) is 18.9 Å². The van der Waals surface area contributed by atoms with E-state index in [9.17, 15) is 0 Å². The molecule has 0 amide bonds. The largest absolute Gasteiger partial charge is 0.356 e. The van der Waals surface area contributed by atoms with Gasteiger partial charge >= 0.3 is 0 Å². The molecule has 0 fully saturated rings. The van der Waals surface area contributed by atoms with Gasteiger partial charge in [0.1, 0.15) is 13.6 Å². The van der Waals surface area contributed by atoms with E-state index < -0.39 is 0 Å². The van der Waals surface area contributed by atoms with Crippen LogP contribution in [0, 0.1) is 0 Å². The molecule has 0 rings (SSSR count). The molecule has 0 aromatic carbocycles. The molecular formula is C14H30NO4. The van der Waals surface area contributed by atoms with Crippen molar-refractivity contribution in [1.82, 2.24) is 5.32 Å². The Balaban J connectivity index is 2.88. The number of hydrogen-bond acceptors (Lipinski definition) is 4. The zero-order valence-corrected chi connectivity index (χ0v) is 12.6. The van der Waals surface area contributed by atoms with Gasteiger partial charge < -0.3 is 18.9 Å². The SMILES string of the molecule is CCOCOCCCC[N]CCCCOCOCC. The van der Waals surface area contributed by atoms with E-state index in [0.29, 0.717) is 26.8 Å². The van der Waals surface area contributed by atoms with Crippen LogP contribution in [0.1, 0.15) is 39.5 Å². The van der Waals surface area contributed by atoms with Gasteiger partial charge in [-0.25, -0.2) is 5.32 Å². The number of unbranched alkanes of at least 4 members (excludes halogenated alkanes) is 2. The van der Waals surface area contributed by atoms with Crippen molar-refractivity contribution in [3.63, 3.8) is 0 Å². The average molecular weight is 276 g/mol. The molecule has 19 heavy (non-hydrogen) atoms. The van der Waals surface area contributed by atoms with Crippen molar-refractivity contribution >= 4 is 0 Å². The normalized spacial score (nSPS) is 11.1. The minimum absolute atomic E-state index is 0.412. The van der Waals surface area contributed by atoms with Crippen molar-refractivity contribution in [3.05, 3.63) is 0 Å². The smallest absolute Gasteiger partial charge is 0.146 e. The molecule has 0 aromatic heterocycles. The van der Waals surface area contributed by atoms with Crippen LogP contribution in [0.4, 0.5) is 0 Å². The molecule has 0 aliphatic heterocycles. The summed E-state index contributed by atoms with van der Waals surface area (Å²) in [7, 11) is 0. The van der Waals surface area contributed by atoms with Crippen molar-refractivity contribution in [1.29, 1.82) is 0 Å². The van der Waals surface area contributed by atoms with Gasteiger partial charge in [0.2, 0.25) is 0 Å². The molecule has 0 N–H and O–H groups in total. The molecule has 0 atom stereocenters. The van der Waals surface area contributed by atoms with Crippen molar-refractivity contribution in [2.45, 2.75) is 39.5 Å². The molecule has 0 saturated carbocycles. The quantitative estimate of drug-likeness (QED) is 0.320. The highest BCUT2D eigenvalue weighted by molar-refractivity contribution is 4.48. The standard InChI is InChI=1S/C14H30NO4/c1-3-16-13-18-11-7-5-9-15-10-6-8-12-19-14-17-4-2/h3-14H2,1-2H3. The first-order chi connectivity index (χ1) is 9.41. The number of nitrogens with zero attached hydrogens (tertiary/aromatic N) is 1. The Bertz CT molecular complexity index is 142. The fraction of sp³-hybridized carbons (Fsp3) is 1.00. The van der Waals surface area contributed by atoms with E-state index in [1.165, 1.54) is 0 Å². The Kier molecular flexibility index (Phi) is 17.6. The van der Waals surface area contributed by atoms with Gasteiger partial charge in [0.15, 0.2) is 0 Å². The summed E-state index contributed by atoms with van der Waals surface area (Å²) in [6.45, 7) is 9.56. The van der Waals surface area contributed by atoms with Crippen LogP contribution >= 0.6 is 0 Å². The van der Waals surface area contributed by atoms with Crippen molar-refractivity contribution in [2.24, 2.45) is 0 Å². The summed E-state index contributed by atoms with van der Waals surface area (Å²) in [4.78, 5) is 0. The molecule has 0 bridgehead atoms. The topological polar surface area (TPSA) is 51.0 Å². The minimum atomic E-state index is 0.412. The second kappa shape index (κ2) is 17.8. The lowest BCUT2D eigenvalue weighted by Gasteiger charge is -2.05. The van der Waals surface area contributed by atoms with Gasteiger partial charge in [-0.1, -0.05) is 0 Å². The molecule has 0 aliphatic carbocycles. The summed E-state index contributed by atoms with van der Waals surface area (Å²) < 4.78 is 20.7. The Morgan fingerprint density at radius 2 is 1.11 bits per heavy atom. The van der Waals surface area contributed by atoms with Gasteiger partial charge in [0, 0.05) is 39.5 Å². The monoisotopic (exact) mass is 276 g/mol. The Labute approximate surface area is 117 Å². The van der Waals surface area contributed by atoms with Crippen molar-refractivity contribution in [3.8, 4) is 0 Å². The van der Waals surface area contributed by atoms with Gasteiger partial charge in [-0.15, -0.1) is 0 Å². The lowest BCUT2D eigenvalue weighted by atomic mass is 10.3. The maximum atomic E-state index is 5.27. The van der Waals surface area contributed by atoms with E-state index in [1.807, 2.05) is 13.8 Å². The average Bonchev–Trinajstić information content (AvgIpc) is 2.43. The zero-order chi connectivity index (χ0) is 14.0. The summed E-state index contributed by atoms with van der Waals surface area (Å²) in [6, 6.07) is 0. The summed E-state index contributed by atoms with van der Waals surface area (Å²) in [5, 5.41) is 4.47. The number of hydrogen-bond donors (Lipinski definition) is 0. The maximum Gasteiger partial charge on any atom is 0.146 e. The third kappa shape index (κ3) is 17.8. The van der Waals surface area contributed by atoms with Crippen LogP contribution in [-0.4, -0.2) is 53.1 Å². The molecule has 0 saturated heterocycles. The van der Waals surface area contributed by atoms with Crippen LogP contribution in [0.15, 0.2) is 0 Å². The van der Waals surface area contributed by atoms with E-state index >= 15 is 0 Å². The second-order valence-electron chi connectivity index (χ2n) is 4.12. The molecule has 0 unspecified atom stereocenters. The lowest BCUT2D eigenvalue weighted by molar-refractivity contribution is -0.0501. The molecule has 0 aromatic rings. The number of rotatable bonds is 16. The van der Waals surface area contributed by atoms with Gasteiger partial charge in [-0.3, -0.25) is 0 Å². The summed E-state index contributed by atoms with van der Waals surface area (Å²) in [6.07, 6.45) is 4.28. The van der Waals surface area contributed by atoms with Crippen molar-refractivity contribution in [2.75, 3.05) is 53.1 Å². The van der Waals surface area contributed by atoms with E-state index in [4.69, 9.17) is 18.9 Å². The third-order valence-corrected chi connectivity index (χ3v) is 2.45. The fourth-order valence-electron chi connectivity index (χ4n) is 1.37. The first-order valence-corrected chi connectivity index (χ1v) is 7.36. The van der Waals surface area contributed by atoms with Crippen LogP contribution in [0.2, 0.25) is 0 Å². The maximum absolute atomic E-state index is 5.27. The minimum Gasteiger partial charge on any atom is -0.356 e. The van der Waals surface area contributed by atoms with E-state index in [-0.39, 0.29) is 0 Å². The zero-order valence-electron chi connectivity index (χ0n) is 12.6. The second-order valence-corrected chi connectivity index (χ2v) is 4.12. The van der Waals surface area contributed by atoms with Gasteiger partial charge in [-0.2, -0.15) is 0 Å². The Morgan fingerprint density at radius 1 is 0.632 bits per heavy atom. The lowest BCUT2D eigenvalue weighted by Crippen LogP contribution is -2.11. The summed E-state index contributed by atoms with van der Waals surface area (Å²) >= 11 is 0. The first kappa shape index (κ1) is 18.8. The van der Waals surface area contributed by atoms with E-state index in [0.717, 1.165) is 52.0 Å². The van der Waals surface area contributed by atoms with E-state index in [2.05, 4.69) is 5.32 Å². The molecule has 5 nitrogen and oxygen atoms in total. The highest BCUT2D eigenvalue weighted by Crippen LogP contribution is 1.93. The molecule has 5 heteroatoms. The third-order valence-electron chi connectivity index (χ3n) is 2.45. The summed E-state index contributed by atoms with van der Waals surface area (Å²) in [5.74, 6) is 0. The predicted octanol–water partition coefficient (Wildman–Crippen LogP) is 2.17. The van der Waals surface area contributed by atoms with Crippen LogP contribution in [0.3, 0.4) is 0 Å². The highest BCUT2D eigenvalue weighted by Gasteiger charge is 1.93. The summed E-state index contributed by atoms with van der Waals surface area (Å²) in [5.41, 5.74) is 0. The fourth-order valence-corrected chi connectivity index (χ4v) is 1.37. The molecule has 0 heterocycles. The molecule has 115 valence electrons. The van der Waals surface area contributed by atoms with Gasteiger partial charge in [0.25, 0.3) is 0 Å². The van der Waals surface area contributed by atoms with E-state index in [1.54, 1.807) is 0 Å². The van der Waals surface area contributed by atoms with Gasteiger partial charge in [-0.05, 0) is 39.5 Å². The molecular weight excluding hydrogens is 246 g/mol. The van der Waals surface area contributed by atoms with Gasteiger partial charge in [0.05, 0.1) is 0 Å². The predicted molar refractivity (Wildman–Crippen MR) is 75.2 cm³/mol. The Hall–Kier alpha value is -0.200. The highest BCUT2D eigenvalue weighted by atomic mass is 16.7. The molecule has 1 radical (unpaired) electrons.